The minimum Gasteiger partial charge on any atom is -0.453 e. The molecule has 0 aromatic heterocycles. The first-order valence-corrected chi connectivity index (χ1v) is 9.16. The molecule has 1 saturated heterocycles. The highest BCUT2D eigenvalue weighted by Gasteiger charge is 2.29. The molecule has 1 aliphatic heterocycles. The molecule has 0 aromatic carbocycles. The molecule has 8 heteroatoms. The van der Waals surface area contributed by atoms with Crippen molar-refractivity contribution in [1.29, 1.82) is 0 Å². The molecule has 2 fully saturated rings. The summed E-state index contributed by atoms with van der Waals surface area (Å²) in [5, 5.41) is 17.3. The summed E-state index contributed by atoms with van der Waals surface area (Å²) in [6, 6.07) is 0.282. The van der Waals surface area contributed by atoms with Crippen LogP contribution in [0, 0.1) is 0 Å². The number of nitrogens with one attached hydrogen (secondary N) is 2. The van der Waals surface area contributed by atoms with Crippen molar-refractivity contribution < 1.29 is 14.6 Å². The lowest BCUT2D eigenvalue weighted by molar-refractivity contribution is 0.0131. The van der Waals surface area contributed by atoms with Crippen molar-refractivity contribution >= 4 is 36.0 Å². The molecule has 0 radical (unpaired) electrons. The number of piperidine rings is 1. The van der Waals surface area contributed by atoms with E-state index in [1.54, 1.807) is 4.90 Å². The van der Waals surface area contributed by atoms with E-state index in [1.807, 2.05) is 6.92 Å². The molecule has 7 nitrogen and oxygen atoms in total. The molecule has 1 saturated carbocycles. The Morgan fingerprint density at radius 1 is 1.28 bits per heavy atom. The lowest BCUT2D eigenvalue weighted by Crippen LogP contribution is -2.50. The Morgan fingerprint density at radius 2 is 1.92 bits per heavy atom. The Hall–Kier alpha value is -0.770. The fourth-order valence-corrected chi connectivity index (χ4v) is 3.44. The fourth-order valence-electron chi connectivity index (χ4n) is 3.44. The van der Waals surface area contributed by atoms with E-state index in [9.17, 15) is 9.90 Å². The number of aliphatic hydroxyl groups is 1. The first kappa shape index (κ1) is 22.3. The highest BCUT2D eigenvalue weighted by molar-refractivity contribution is 14.0. The van der Waals surface area contributed by atoms with Crippen LogP contribution in [0.3, 0.4) is 0 Å². The average molecular weight is 468 g/mol. The minimum atomic E-state index is -0.644. The van der Waals surface area contributed by atoms with E-state index in [0.717, 1.165) is 51.0 Å². The van der Waals surface area contributed by atoms with E-state index >= 15 is 0 Å². The van der Waals surface area contributed by atoms with Gasteiger partial charge >= 0.3 is 6.09 Å². The van der Waals surface area contributed by atoms with Gasteiger partial charge in [-0.1, -0.05) is 19.3 Å². The van der Waals surface area contributed by atoms with Crippen molar-refractivity contribution in [2.45, 2.75) is 63.5 Å². The molecule has 0 unspecified atom stereocenters. The van der Waals surface area contributed by atoms with E-state index < -0.39 is 5.60 Å². The predicted molar refractivity (Wildman–Crippen MR) is 110 cm³/mol. The van der Waals surface area contributed by atoms with Gasteiger partial charge in [-0.15, -0.1) is 24.0 Å². The van der Waals surface area contributed by atoms with Crippen molar-refractivity contribution in [3.63, 3.8) is 0 Å². The number of carbonyl (C=O) groups excluding carboxylic acids is 1. The van der Waals surface area contributed by atoms with Crippen LogP contribution >= 0.6 is 24.0 Å². The number of halogens is 1. The van der Waals surface area contributed by atoms with Gasteiger partial charge in [0, 0.05) is 25.7 Å². The van der Waals surface area contributed by atoms with E-state index in [-0.39, 0.29) is 36.1 Å². The smallest absolute Gasteiger partial charge is 0.409 e. The SMILES string of the molecule is CCNC(=NCC1(O)CCCCC1)NC1CCN(C(=O)OC)CC1.I. The summed E-state index contributed by atoms with van der Waals surface area (Å²) in [6.07, 6.45) is 6.54. The van der Waals surface area contributed by atoms with Gasteiger partial charge in [-0.05, 0) is 32.6 Å². The van der Waals surface area contributed by atoms with Gasteiger partial charge in [0.25, 0.3) is 0 Å². The zero-order valence-electron chi connectivity index (χ0n) is 15.4. The molecule has 2 rings (SSSR count). The average Bonchev–Trinajstić information content (AvgIpc) is 2.60. The number of ether oxygens (including phenoxy) is 1. The van der Waals surface area contributed by atoms with Gasteiger partial charge in [0.1, 0.15) is 0 Å². The Morgan fingerprint density at radius 3 is 2.48 bits per heavy atom. The summed E-state index contributed by atoms with van der Waals surface area (Å²) in [5.41, 5.74) is -0.644. The van der Waals surface area contributed by atoms with E-state index in [2.05, 4.69) is 15.6 Å². The number of aliphatic imine (C=N–C) groups is 1. The topological polar surface area (TPSA) is 86.2 Å². The number of nitrogens with zero attached hydrogens (tertiary/aromatic N) is 2. The minimum absolute atomic E-state index is 0. The molecule has 0 aromatic rings. The Kier molecular flexibility index (Phi) is 9.84. The Balaban J connectivity index is 0.00000312. The Labute approximate surface area is 168 Å². The zero-order chi connectivity index (χ0) is 17.4. The van der Waals surface area contributed by atoms with Gasteiger partial charge in [-0.3, -0.25) is 4.99 Å². The van der Waals surface area contributed by atoms with E-state index in [0.29, 0.717) is 19.6 Å². The van der Waals surface area contributed by atoms with Gasteiger partial charge in [-0.25, -0.2) is 4.79 Å². The van der Waals surface area contributed by atoms with Crippen LogP contribution in [-0.4, -0.2) is 67.0 Å². The number of likely N-dealkylation sites (tertiary alicyclic amines) is 1. The van der Waals surface area contributed by atoms with Crippen molar-refractivity contribution in [2.24, 2.45) is 4.99 Å². The monoisotopic (exact) mass is 468 g/mol. The molecule has 2 aliphatic rings. The van der Waals surface area contributed by atoms with E-state index in [4.69, 9.17) is 4.74 Å². The second kappa shape index (κ2) is 11.1. The second-order valence-electron chi connectivity index (χ2n) is 6.86. The number of carbonyl (C=O) groups is 1. The molecule has 25 heavy (non-hydrogen) atoms. The summed E-state index contributed by atoms with van der Waals surface area (Å²) in [5.74, 6) is 0.757. The first-order chi connectivity index (χ1) is 11.6. The van der Waals surface area contributed by atoms with Crippen molar-refractivity contribution in [1.82, 2.24) is 15.5 Å². The van der Waals surface area contributed by atoms with Crippen molar-refractivity contribution in [3.8, 4) is 0 Å². The molecule has 0 atom stereocenters. The first-order valence-electron chi connectivity index (χ1n) is 9.16. The van der Waals surface area contributed by atoms with Crippen LogP contribution in [-0.2, 0) is 4.74 Å². The van der Waals surface area contributed by atoms with Crippen LogP contribution in [0.5, 0.6) is 0 Å². The molecule has 146 valence electrons. The molecule has 1 aliphatic carbocycles. The maximum Gasteiger partial charge on any atom is 0.409 e. The van der Waals surface area contributed by atoms with Crippen molar-refractivity contribution in [2.75, 3.05) is 33.3 Å². The summed E-state index contributed by atoms with van der Waals surface area (Å²) in [7, 11) is 1.42. The maximum atomic E-state index is 11.5. The normalized spacial score (nSPS) is 21.2. The summed E-state index contributed by atoms with van der Waals surface area (Å²) >= 11 is 0. The predicted octanol–water partition coefficient (Wildman–Crippen LogP) is 2.09. The number of rotatable bonds is 4. The molecular formula is C17H33IN4O3. The third-order valence-electron chi connectivity index (χ3n) is 4.93. The van der Waals surface area contributed by atoms with Crippen molar-refractivity contribution in [3.05, 3.63) is 0 Å². The number of amides is 1. The highest BCUT2D eigenvalue weighted by Crippen LogP contribution is 2.28. The maximum absolute atomic E-state index is 11.5. The van der Waals surface area contributed by atoms with Crippen LogP contribution in [0.2, 0.25) is 0 Å². The van der Waals surface area contributed by atoms with Crippen LogP contribution in [0.15, 0.2) is 4.99 Å². The van der Waals surface area contributed by atoms with Crippen LogP contribution in [0.25, 0.3) is 0 Å². The molecule has 0 spiro atoms. The molecular weight excluding hydrogens is 435 g/mol. The second-order valence-corrected chi connectivity index (χ2v) is 6.86. The molecule has 1 amide bonds. The third-order valence-corrected chi connectivity index (χ3v) is 4.93. The summed E-state index contributed by atoms with van der Waals surface area (Å²) < 4.78 is 4.76. The molecule has 3 N–H and O–H groups in total. The van der Waals surface area contributed by atoms with E-state index in [1.165, 1.54) is 13.5 Å². The largest absolute Gasteiger partial charge is 0.453 e. The number of hydrogen-bond donors (Lipinski definition) is 3. The van der Waals surface area contributed by atoms with Crippen LogP contribution in [0.4, 0.5) is 4.79 Å². The summed E-state index contributed by atoms with van der Waals surface area (Å²) in [6.45, 7) is 4.64. The van der Waals surface area contributed by atoms with Gasteiger partial charge in [0.15, 0.2) is 5.96 Å². The highest BCUT2D eigenvalue weighted by atomic mass is 127. The number of hydrogen-bond acceptors (Lipinski definition) is 4. The van der Waals surface area contributed by atoms with Gasteiger partial charge in [0.2, 0.25) is 0 Å². The fraction of sp³-hybridized carbons (Fsp3) is 0.882. The molecule has 0 bridgehead atoms. The quantitative estimate of drug-likeness (QED) is 0.334. The number of methoxy groups -OCH3 is 1. The van der Waals surface area contributed by atoms with Crippen LogP contribution < -0.4 is 10.6 Å². The lowest BCUT2D eigenvalue weighted by atomic mass is 9.85. The Bertz CT molecular complexity index is 434. The zero-order valence-corrected chi connectivity index (χ0v) is 17.8. The van der Waals surface area contributed by atoms with Gasteiger partial charge in [-0.2, -0.15) is 0 Å². The number of guanidine groups is 1. The molecule has 1 heterocycles. The third kappa shape index (κ3) is 7.16. The lowest BCUT2D eigenvalue weighted by Gasteiger charge is -2.33. The van der Waals surface area contributed by atoms with Gasteiger partial charge in [0.05, 0.1) is 19.3 Å². The summed E-state index contributed by atoms with van der Waals surface area (Å²) in [4.78, 5) is 17.9. The standard InChI is InChI=1S/C17H32N4O3.HI/c1-3-18-15(19-13-17(23)9-5-4-6-10-17)20-14-7-11-21(12-8-14)16(22)24-2;/h14,23H,3-13H2,1-2H3,(H2,18,19,20);1H. The van der Waals surface area contributed by atoms with Gasteiger partial charge < -0.3 is 25.4 Å². The van der Waals surface area contributed by atoms with Crippen LogP contribution in [0.1, 0.15) is 51.9 Å².